The molecule has 0 saturated heterocycles. The number of carbonyl (C=O) groups excluding carboxylic acids is 1. The Balaban J connectivity index is 1.85. The Labute approximate surface area is 145 Å². The summed E-state index contributed by atoms with van der Waals surface area (Å²) < 4.78 is 0. The second-order valence-corrected chi connectivity index (χ2v) is 6.07. The number of nitrogens with one attached hydrogen (secondary N) is 1. The maximum Gasteiger partial charge on any atom is 0.258 e. The van der Waals surface area contributed by atoms with Crippen molar-refractivity contribution in [2.75, 3.05) is 19.0 Å². The van der Waals surface area contributed by atoms with E-state index in [9.17, 15) is 9.59 Å². The molecule has 0 unspecified atom stereocenters. The number of anilines is 1. The van der Waals surface area contributed by atoms with Gasteiger partial charge in [0.15, 0.2) is 5.78 Å². The second-order valence-electron chi connectivity index (χ2n) is 6.07. The molecular weight excluding hydrogens is 314 g/mol. The normalized spacial score (nSPS) is 11.2. The standard InChI is InChI=1S/C20H19N3O2/c1-13-21-18-10-7-15(12-17(18)20(25)22-13)19(24)11-6-14-4-8-16(9-5-14)23(2)3/h4-12H,1-3H3,(H,21,22,25)/b11-6+. The van der Waals surface area contributed by atoms with Gasteiger partial charge < -0.3 is 9.88 Å². The minimum Gasteiger partial charge on any atom is -0.378 e. The minimum atomic E-state index is -0.236. The predicted octanol–water partition coefficient (Wildman–Crippen LogP) is 3.19. The summed E-state index contributed by atoms with van der Waals surface area (Å²) in [6.45, 7) is 1.73. The van der Waals surface area contributed by atoms with Gasteiger partial charge in [-0.15, -0.1) is 0 Å². The van der Waals surface area contributed by atoms with Gasteiger partial charge in [0, 0.05) is 25.3 Å². The molecule has 3 aromatic rings. The number of rotatable bonds is 4. The highest BCUT2D eigenvalue weighted by Crippen LogP contribution is 2.15. The third kappa shape index (κ3) is 3.66. The average molecular weight is 333 g/mol. The summed E-state index contributed by atoms with van der Waals surface area (Å²) in [5, 5.41) is 0.417. The van der Waals surface area contributed by atoms with Crippen LogP contribution < -0.4 is 10.5 Å². The summed E-state index contributed by atoms with van der Waals surface area (Å²) >= 11 is 0. The largest absolute Gasteiger partial charge is 0.378 e. The monoisotopic (exact) mass is 333 g/mol. The van der Waals surface area contributed by atoms with Crippen LogP contribution in [0.4, 0.5) is 5.69 Å². The molecule has 0 atom stereocenters. The van der Waals surface area contributed by atoms with Crippen LogP contribution in [0.25, 0.3) is 17.0 Å². The van der Waals surface area contributed by atoms with Gasteiger partial charge in [0.05, 0.1) is 10.9 Å². The van der Waals surface area contributed by atoms with E-state index in [1.165, 1.54) is 6.08 Å². The first-order chi connectivity index (χ1) is 11.9. The van der Waals surface area contributed by atoms with Crippen molar-refractivity contribution in [3.63, 3.8) is 0 Å². The number of carbonyl (C=O) groups is 1. The van der Waals surface area contributed by atoms with E-state index in [0.29, 0.717) is 22.3 Å². The Morgan fingerprint density at radius 2 is 1.84 bits per heavy atom. The van der Waals surface area contributed by atoms with Crippen LogP contribution in [0.5, 0.6) is 0 Å². The van der Waals surface area contributed by atoms with Gasteiger partial charge in [-0.25, -0.2) is 4.98 Å². The lowest BCUT2D eigenvalue weighted by Gasteiger charge is -2.11. The summed E-state index contributed by atoms with van der Waals surface area (Å²) in [6.07, 6.45) is 3.28. The topological polar surface area (TPSA) is 66.1 Å². The molecule has 5 nitrogen and oxygen atoms in total. The van der Waals surface area contributed by atoms with Gasteiger partial charge in [0.1, 0.15) is 5.82 Å². The number of aryl methyl sites for hydroxylation is 1. The third-order valence-electron chi connectivity index (χ3n) is 3.94. The number of hydrogen-bond acceptors (Lipinski definition) is 4. The van der Waals surface area contributed by atoms with Gasteiger partial charge in [-0.1, -0.05) is 18.2 Å². The smallest absolute Gasteiger partial charge is 0.258 e. The number of aromatic nitrogens is 2. The lowest BCUT2D eigenvalue weighted by Crippen LogP contribution is -2.10. The van der Waals surface area contributed by atoms with Crippen LogP contribution in [0.2, 0.25) is 0 Å². The molecule has 1 heterocycles. The molecule has 1 aromatic heterocycles. The molecular formula is C20H19N3O2. The first-order valence-corrected chi connectivity index (χ1v) is 7.94. The maximum atomic E-state index is 12.4. The lowest BCUT2D eigenvalue weighted by molar-refractivity contribution is 0.104. The minimum absolute atomic E-state index is 0.154. The molecule has 126 valence electrons. The molecule has 0 aliphatic carbocycles. The highest BCUT2D eigenvalue weighted by molar-refractivity contribution is 6.08. The summed E-state index contributed by atoms with van der Waals surface area (Å²) in [5.74, 6) is 0.399. The van der Waals surface area contributed by atoms with Crippen LogP contribution in [-0.4, -0.2) is 29.8 Å². The molecule has 0 aliphatic heterocycles. The zero-order chi connectivity index (χ0) is 18.0. The van der Waals surface area contributed by atoms with E-state index in [0.717, 1.165) is 11.3 Å². The third-order valence-corrected chi connectivity index (χ3v) is 3.94. The van der Waals surface area contributed by atoms with Crippen LogP contribution in [0.15, 0.2) is 53.3 Å². The molecule has 0 bridgehead atoms. The van der Waals surface area contributed by atoms with Crippen LogP contribution in [-0.2, 0) is 0 Å². The summed E-state index contributed by atoms with van der Waals surface area (Å²) in [5.41, 5.74) is 2.85. The first-order valence-electron chi connectivity index (χ1n) is 7.94. The maximum absolute atomic E-state index is 12.4. The van der Waals surface area contributed by atoms with E-state index in [-0.39, 0.29) is 11.3 Å². The lowest BCUT2D eigenvalue weighted by atomic mass is 10.1. The van der Waals surface area contributed by atoms with Crippen molar-refractivity contribution in [2.45, 2.75) is 6.92 Å². The molecule has 2 aromatic carbocycles. The number of ketones is 1. The van der Waals surface area contributed by atoms with Gasteiger partial charge in [0.2, 0.25) is 0 Å². The van der Waals surface area contributed by atoms with Crippen molar-refractivity contribution >= 4 is 28.4 Å². The SMILES string of the molecule is Cc1nc2ccc(C(=O)/C=C/c3ccc(N(C)C)cc3)cc2c(=O)[nH]1. The van der Waals surface area contributed by atoms with Crippen LogP contribution in [0, 0.1) is 6.92 Å². The quantitative estimate of drug-likeness (QED) is 0.588. The Bertz CT molecular complexity index is 1020. The molecule has 0 saturated carbocycles. The molecule has 5 heteroatoms. The second kappa shape index (κ2) is 6.73. The number of allylic oxidation sites excluding steroid dienone is 1. The highest BCUT2D eigenvalue weighted by Gasteiger charge is 2.07. The number of H-pyrrole nitrogens is 1. The number of aromatic amines is 1. The van der Waals surface area contributed by atoms with Gasteiger partial charge in [0.25, 0.3) is 5.56 Å². The van der Waals surface area contributed by atoms with Gasteiger partial charge >= 0.3 is 0 Å². The molecule has 0 radical (unpaired) electrons. The zero-order valence-corrected chi connectivity index (χ0v) is 14.4. The first kappa shape index (κ1) is 16.6. The fraction of sp³-hybridized carbons (Fsp3) is 0.150. The van der Waals surface area contributed by atoms with Gasteiger partial charge in [-0.05, 0) is 48.9 Å². The van der Waals surface area contributed by atoms with E-state index < -0.39 is 0 Å². The van der Waals surface area contributed by atoms with Crippen molar-refractivity contribution in [3.8, 4) is 0 Å². The summed E-state index contributed by atoms with van der Waals surface area (Å²) in [4.78, 5) is 33.3. The Hall–Kier alpha value is -3.21. The van der Waals surface area contributed by atoms with Crippen molar-refractivity contribution < 1.29 is 4.79 Å². The van der Waals surface area contributed by atoms with Crippen LogP contribution >= 0.6 is 0 Å². The summed E-state index contributed by atoms with van der Waals surface area (Å²) in [6, 6.07) is 12.9. The summed E-state index contributed by atoms with van der Waals surface area (Å²) in [7, 11) is 3.96. The fourth-order valence-electron chi connectivity index (χ4n) is 2.56. The van der Waals surface area contributed by atoms with Crippen molar-refractivity contribution in [3.05, 3.63) is 75.8 Å². The van der Waals surface area contributed by atoms with E-state index >= 15 is 0 Å². The highest BCUT2D eigenvalue weighted by atomic mass is 16.1. The van der Waals surface area contributed by atoms with E-state index in [1.54, 1.807) is 31.2 Å². The molecule has 0 spiro atoms. The Morgan fingerprint density at radius 1 is 1.12 bits per heavy atom. The number of fused-ring (bicyclic) bond motifs is 1. The van der Waals surface area contributed by atoms with E-state index in [2.05, 4.69) is 9.97 Å². The van der Waals surface area contributed by atoms with Gasteiger partial charge in [-0.2, -0.15) is 0 Å². The van der Waals surface area contributed by atoms with E-state index in [1.807, 2.05) is 43.3 Å². The van der Waals surface area contributed by atoms with E-state index in [4.69, 9.17) is 0 Å². The zero-order valence-electron chi connectivity index (χ0n) is 14.4. The molecule has 3 rings (SSSR count). The van der Waals surface area contributed by atoms with Gasteiger partial charge in [-0.3, -0.25) is 9.59 Å². The van der Waals surface area contributed by atoms with Crippen molar-refractivity contribution in [2.24, 2.45) is 0 Å². The number of nitrogens with zero attached hydrogens (tertiary/aromatic N) is 2. The predicted molar refractivity (Wildman–Crippen MR) is 101 cm³/mol. The van der Waals surface area contributed by atoms with Crippen molar-refractivity contribution in [1.82, 2.24) is 9.97 Å². The molecule has 25 heavy (non-hydrogen) atoms. The Morgan fingerprint density at radius 3 is 2.52 bits per heavy atom. The van der Waals surface area contributed by atoms with Crippen molar-refractivity contribution in [1.29, 1.82) is 0 Å². The molecule has 0 amide bonds. The number of benzene rings is 2. The number of hydrogen-bond donors (Lipinski definition) is 1. The van der Waals surface area contributed by atoms with Crippen LogP contribution in [0.1, 0.15) is 21.7 Å². The molecule has 0 fully saturated rings. The molecule has 0 aliphatic rings. The Kier molecular flexibility index (Phi) is 4.48. The average Bonchev–Trinajstić information content (AvgIpc) is 2.59. The molecule has 1 N–H and O–H groups in total. The van der Waals surface area contributed by atoms with Crippen LogP contribution in [0.3, 0.4) is 0 Å². The fourth-order valence-corrected chi connectivity index (χ4v) is 2.56.